The molecule has 5 aliphatic carbocycles. The molecule has 5 aliphatic rings. The van der Waals surface area contributed by atoms with Crippen molar-refractivity contribution in [1.29, 1.82) is 0 Å². The highest BCUT2D eigenvalue weighted by molar-refractivity contribution is 5.94. The van der Waals surface area contributed by atoms with Gasteiger partial charge >= 0.3 is 0 Å². The van der Waals surface area contributed by atoms with Gasteiger partial charge in [0.15, 0.2) is 0 Å². The summed E-state index contributed by atoms with van der Waals surface area (Å²) in [7, 11) is 0. The van der Waals surface area contributed by atoms with Gasteiger partial charge in [-0.2, -0.15) is 0 Å². The monoisotopic (exact) mass is 432 g/mol. The molecule has 2 N–H and O–H groups in total. The fourth-order valence-corrected chi connectivity index (χ4v) is 7.41. The highest BCUT2D eigenvalue weighted by Crippen LogP contribution is 2.60. The van der Waals surface area contributed by atoms with Gasteiger partial charge in [0.05, 0.1) is 12.3 Å². The molecule has 0 aliphatic heterocycles. The number of carbonyl (C=O) groups is 2. The van der Waals surface area contributed by atoms with Gasteiger partial charge in [0, 0.05) is 29.5 Å². The van der Waals surface area contributed by atoms with Crippen LogP contribution in [0, 0.1) is 23.2 Å². The molecule has 1 aromatic carbocycles. The van der Waals surface area contributed by atoms with E-state index in [0.717, 1.165) is 73.2 Å². The summed E-state index contributed by atoms with van der Waals surface area (Å²) in [5.41, 5.74) is 2.68. The zero-order valence-corrected chi connectivity index (χ0v) is 18.6. The summed E-state index contributed by atoms with van der Waals surface area (Å²) < 4.78 is 5.53. The van der Waals surface area contributed by atoms with Crippen LogP contribution < -0.4 is 10.6 Å². The number of nitrogens with one attached hydrogen (secondary N) is 2. The Hall–Kier alpha value is -2.56. The van der Waals surface area contributed by atoms with E-state index in [1.807, 2.05) is 30.3 Å². The molecule has 7 rings (SSSR count). The SMILES string of the molecule is O=C(NC1CCCc2occc21)c1ccc(CNC(=O)C23CC4CC(CC(C4)C2)C3)cc1. The third-order valence-corrected chi connectivity index (χ3v) is 8.55. The molecule has 0 saturated heterocycles. The Kier molecular flexibility index (Phi) is 4.89. The summed E-state index contributed by atoms with van der Waals surface area (Å²) in [5, 5.41) is 6.38. The van der Waals surface area contributed by atoms with Gasteiger partial charge in [0.25, 0.3) is 5.91 Å². The predicted molar refractivity (Wildman–Crippen MR) is 121 cm³/mol. The Morgan fingerprint density at radius 1 is 0.969 bits per heavy atom. The van der Waals surface area contributed by atoms with Gasteiger partial charge in [-0.1, -0.05) is 12.1 Å². The summed E-state index contributed by atoms with van der Waals surface area (Å²) in [4.78, 5) is 25.9. The highest BCUT2D eigenvalue weighted by atomic mass is 16.3. The van der Waals surface area contributed by atoms with E-state index in [2.05, 4.69) is 10.6 Å². The molecule has 2 amide bonds. The number of hydrogen-bond donors (Lipinski definition) is 2. The number of furan rings is 1. The summed E-state index contributed by atoms with van der Waals surface area (Å²) in [6, 6.07) is 9.62. The Labute approximate surface area is 189 Å². The molecule has 0 radical (unpaired) electrons. The normalized spacial score (nSPS) is 32.4. The molecular formula is C27H32N2O3. The Balaban J connectivity index is 1.06. The molecule has 4 saturated carbocycles. The largest absolute Gasteiger partial charge is 0.469 e. The minimum Gasteiger partial charge on any atom is -0.469 e. The van der Waals surface area contributed by atoms with Crippen LogP contribution in [0.25, 0.3) is 0 Å². The van der Waals surface area contributed by atoms with Crippen molar-refractivity contribution in [2.75, 3.05) is 0 Å². The van der Waals surface area contributed by atoms with E-state index in [-0.39, 0.29) is 23.3 Å². The van der Waals surface area contributed by atoms with Gasteiger partial charge in [-0.25, -0.2) is 0 Å². The number of aryl methyl sites for hydroxylation is 1. The van der Waals surface area contributed by atoms with Gasteiger partial charge in [-0.15, -0.1) is 0 Å². The Bertz CT molecular complexity index is 986. The zero-order valence-electron chi connectivity index (χ0n) is 18.6. The number of rotatable bonds is 5. The molecule has 32 heavy (non-hydrogen) atoms. The number of hydrogen-bond acceptors (Lipinski definition) is 3. The van der Waals surface area contributed by atoms with Crippen molar-refractivity contribution in [3.05, 3.63) is 59.0 Å². The van der Waals surface area contributed by atoms with Gasteiger partial charge in [0.2, 0.25) is 5.91 Å². The molecule has 1 atom stereocenters. The van der Waals surface area contributed by atoms with E-state index >= 15 is 0 Å². The minimum absolute atomic E-state index is 0.0178. The van der Waals surface area contributed by atoms with E-state index in [4.69, 9.17) is 4.42 Å². The van der Waals surface area contributed by atoms with Crippen LogP contribution in [0.3, 0.4) is 0 Å². The number of fused-ring (bicyclic) bond motifs is 1. The third kappa shape index (κ3) is 3.56. The lowest BCUT2D eigenvalue weighted by Crippen LogP contribution is -2.53. The first-order valence-electron chi connectivity index (χ1n) is 12.3. The van der Waals surface area contributed by atoms with Crippen LogP contribution in [0.5, 0.6) is 0 Å². The predicted octanol–water partition coefficient (Wildman–Crippen LogP) is 4.92. The molecular weight excluding hydrogens is 400 g/mol. The minimum atomic E-state index is -0.111. The number of benzene rings is 1. The maximum Gasteiger partial charge on any atom is 0.251 e. The van der Waals surface area contributed by atoms with Crippen molar-refractivity contribution >= 4 is 11.8 Å². The molecule has 1 heterocycles. The van der Waals surface area contributed by atoms with E-state index in [0.29, 0.717) is 12.1 Å². The fourth-order valence-electron chi connectivity index (χ4n) is 7.41. The molecule has 5 heteroatoms. The van der Waals surface area contributed by atoms with Crippen molar-refractivity contribution in [3.63, 3.8) is 0 Å². The summed E-state index contributed by atoms with van der Waals surface area (Å²) in [5.74, 6) is 3.50. The number of amides is 2. The molecule has 0 spiro atoms. The lowest BCUT2D eigenvalue weighted by atomic mass is 9.49. The van der Waals surface area contributed by atoms with E-state index < -0.39 is 0 Å². The summed E-state index contributed by atoms with van der Waals surface area (Å²) >= 11 is 0. The van der Waals surface area contributed by atoms with Crippen LogP contribution in [0.4, 0.5) is 0 Å². The molecule has 5 nitrogen and oxygen atoms in total. The van der Waals surface area contributed by atoms with E-state index in [1.165, 1.54) is 19.3 Å². The fraction of sp³-hybridized carbons (Fsp3) is 0.556. The first-order valence-corrected chi connectivity index (χ1v) is 12.3. The highest BCUT2D eigenvalue weighted by Gasteiger charge is 2.54. The van der Waals surface area contributed by atoms with Crippen molar-refractivity contribution in [2.45, 2.75) is 70.4 Å². The topological polar surface area (TPSA) is 71.3 Å². The summed E-state index contributed by atoms with van der Waals surface area (Å²) in [6.07, 6.45) is 11.9. The van der Waals surface area contributed by atoms with E-state index in [9.17, 15) is 9.59 Å². The lowest BCUT2D eigenvalue weighted by molar-refractivity contribution is -0.146. The van der Waals surface area contributed by atoms with Crippen LogP contribution >= 0.6 is 0 Å². The maximum atomic E-state index is 13.2. The lowest BCUT2D eigenvalue weighted by Gasteiger charge is -2.55. The molecule has 1 unspecified atom stereocenters. The van der Waals surface area contributed by atoms with Gasteiger partial charge in [0.1, 0.15) is 5.76 Å². The van der Waals surface area contributed by atoms with Crippen molar-refractivity contribution in [1.82, 2.24) is 10.6 Å². The second-order valence-corrected chi connectivity index (χ2v) is 10.8. The van der Waals surface area contributed by atoms with Crippen LogP contribution in [-0.4, -0.2) is 11.8 Å². The Morgan fingerprint density at radius 3 is 2.34 bits per heavy atom. The quantitative estimate of drug-likeness (QED) is 0.704. The molecule has 2 aromatic rings. The van der Waals surface area contributed by atoms with Crippen LogP contribution in [0.1, 0.15) is 84.7 Å². The first-order chi connectivity index (χ1) is 15.6. The smallest absolute Gasteiger partial charge is 0.251 e. The first kappa shape index (κ1) is 20.1. The average molecular weight is 433 g/mol. The van der Waals surface area contributed by atoms with Crippen molar-refractivity contribution in [2.24, 2.45) is 23.2 Å². The van der Waals surface area contributed by atoms with Gasteiger partial charge in [-0.05, 0) is 92.9 Å². The average Bonchev–Trinajstić information content (AvgIpc) is 3.27. The maximum absolute atomic E-state index is 13.2. The van der Waals surface area contributed by atoms with Crippen molar-refractivity contribution in [3.8, 4) is 0 Å². The second kappa shape index (κ2) is 7.79. The van der Waals surface area contributed by atoms with Crippen LogP contribution in [0.15, 0.2) is 41.0 Å². The molecule has 4 bridgehead atoms. The molecule has 1 aromatic heterocycles. The number of carbonyl (C=O) groups excluding carboxylic acids is 2. The Morgan fingerprint density at radius 2 is 1.66 bits per heavy atom. The van der Waals surface area contributed by atoms with Crippen molar-refractivity contribution < 1.29 is 14.0 Å². The van der Waals surface area contributed by atoms with Crippen LogP contribution in [0.2, 0.25) is 0 Å². The third-order valence-electron chi connectivity index (χ3n) is 8.55. The molecule has 168 valence electrons. The van der Waals surface area contributed by atoms with Gasteiger partial charge < -0.3 is 15.1 Å². The standard InChI is InChI=1S/C27H32N2O3/c30-25(29-23-2-1-3-24-22(23)8-9-32-24)21-6-4-17(5-7-21)16-28-26(31)27-13-18-10-19(14-27)12-20(11-18)15-27/h4-9,18-20,23H,1-3,10-16H2,(H,28,31)(H,29,30). The second-order valence-electron chi connectivity index (χ2n) is 10.8. The zero-order chi connectivity index (χ0) is 21.7. The van der Waals surface area contributed by atoms with Crippen LogP contribution in [-0.2, 0) is 17.8 Å². The molecule has 4 fully saturated rings. The van der Waals surface area contributed by atoms with Gasteiger partial charge in [-0.3, -0.25) is 9.59 Å². The summed E-state index contributed by atoms with van der Waals surface area (Å²) in [6.45, 7) is 0.531. The van der Waals surface area contributed by atoms with E-state index in [1.54, 1.807) is 6.26 Å².